The van der Waals surface area contributed by atoms with Crippen molar-refractivity contribution >= 4 is 39.2 Å². The molecule has 32 heavy (non-hydrogen) atoms. The van der Waals surface area contributed by atoms with Crippen LogP contribution < -0.4 is 10.1 Å². The van der Waals surface area contributed by atoms with Gasteiger partial charge >= 0.3 is 5.97 Å². The zero-order valence-electron chi connectivity index (χ0n) is 17.6. The van der Waals surface area contributed by atoms with Crippen LogP contribution in [0.4, 0.5) is 5.13 Å². The normalized spacial score (nSPS) is 10.8. The third-order valence-corrected chi connectivity index (χ3v) is 5.76. The Morgan fingerprint density at radius 1 is 1.12 bits per heavy atom. The highest BCUT2D eigenvalue weighted by Gasteiger charge is 2.12. The Balaban J connectivity index is 1.20. The van der Waals surface area contributed by atoms with Crippen molar-refractivity contribution in [3.05, 3.63) is 65.7 Å². The van der Waals surface area contributed by atoms with E-state index in [1.54, 1.807) is 7.11 Å². The van der Waals surface area contributed by atoms with Gasteiger partial charge in [0.25, 0.3) is 5.91 Å². The van der Waals surface area contributed by atoms with Crippen LogP contribution >= 0.6 is 11.3 Å². The third kappa shape index (κ3) is 5.33. The predicted octanol–water partition coefficient (Wildman–Crippen LogP) is 4.80. The molecule has 164 valence electrons. The number of aromatic nitrogens is 2. The van der Waals surface area contributed by atoms with E-state index in [0.29, 0.717) is 11.6 Å². The number of ether oxygens (including phenoxy) is 2. The number of esters is 1. The third-order valence-electron chi connectivity index (χ3n) is 5.00. The Kier molecular flexibility index (Phi) is 6.81. The number of H-pyrrole nitrogens is 1. The molecule has 0 spiro atoms. The van der Waals surface area contributed by atoms with Crippen LogP contribution in [0.5, 0.6) is 5.75 Å². The minimum atomic E-state index is -0.411. The molecule has 2 aromatic carbocycles. The number of nitrogens with zero attached hydrogens (tertiary/aromatic N) is 1. The van der Waals surface area contributed by atoms with Crippen LogP contribution in [0.2, 0.25) is 0 Å². The molecule has 2 N–H and O–H groups in total. The number of rotatable bonds is 9. The quantitative estimate of drug-likeness (QED) is 0.358. The van der Waals surface area contributed by atoms with Gasteiger partial charge in [-0.05, 0) is 48.7 Å². The molecular formula is C24H23N3O4S. The van der Waals surface area contributed by atoms with Crippen LogP contribution in [-0.4, -0.2) is 35.6 Å². The molecule has 8 heteroatoms. The van der Waals surface area contributed by atoms with E-state index in [4.69, 9.17) is 9.47 Å². The van der Waals surface area contributed by atoms with Gasteiger partial charge < -0.3 is 14.5 Å². The molecule has 7 nitrogen and oxygen atoms in total. The second kappa shape index (κ2) is 10.1. The predicted molar refractivity (Wildman–Crippen MR) is 125 cm³/mol. The summed E-state index contributed by atoms with van der Waals surface area (Å²) in [6, 6.07) is 15.6. The zero-order chi connectivity index (χ0) is 22.3. The van der Waals surface area contributed by atoms with Gasteiger partial charge in [-0.15, -0.1) is 11.3 Å². The van der Waals surface area contributed by atoms with E-state index in [2.05, 4.69) is 21.4 Å². The molecule has 4 aromatic rings. The second-order valence-electron chi connectivity index (χ2n) is 7.19. The van der Waals surface area contributed by atoms with Gasteiger partial charge in [-0.25, -0.2) is 4.98 Å². The van der Waals surface area contributed by atoms with Gasteiger partial charge in [0.15, 0.2) is 11.7 Å². The number of carbonyl (C=O) groups excluding carboxylic acids is 2. The molecule has 0 bridgehead atoms. The minimum Gasteiger partial charge on any atom is -0.497 e. The highest BCUT2D eigenvalue weighted by molar-refractivity contribution is 7.14. The summed E-state index contributed by atoms with van der Waals surface area (Å²) in [5, 5.41) is 6.15. The van der Waals surface area contributed by atoms with E-state index >= 15 is 0 Å². The number of nitrogens with one attached hydrogen (secondary N) is 2. The molecule has 4 rings (SSSR count). The molecule has 1 amide bonds. The lowest BCUT2D eigenvalue weighted by molar-refractivity contribution is -0.147. The number of amides is 1. The van der Waals surface area contributed by atoms with E-state index in [9.17, 15) is 9.59 Å². The molecule has 2 heterocycles. The Bertz CT molecular complexity index is 1210. The number of hydrogen-bond donors (Lipinski definition) is 2. The molecule has 0 unspecified atom stereocenters. The van der Waals surface area contributed by atoms with Crippen LogP contribution in [0.25, 0.3) is 22.2 Å². The number of carbonyl (C=O) groups is 2. The molecule has 0 saturated heterocycles. The maximum atomic E-state index is 12.1. The smallest absolute Gasteiger partial charge is 0.306 e. The first-order valence-corrected chi connectivity index (χ1v) is 11.1. The highest BCUT2D eigenvalue weighted by atomic mass is 32.1. The lowest BCUT2D eigenvalue weighted by atomic mass is 10.1. The minimum absolute atomic E-state index is 0.256. The fourth-order valence-corrected chi connectivity index (χ4v) is 4.10. The molecule has 0 aliphatic carbocycles. The number of benzene rings is 2. The largest absolute Gasteiger partial charge is 0.497 e. The van der Waals surface area contributed by atoms with E-state index in [1.165, 1.54) is 16.9 Å². The van der Waals surface area contributed by atoms with Crippen molar-refractivity contribution in [1.82, 2.24) is 9.97 Å². The van der Waals surface area contributed by atoms with Crippen LogP contribution in [0.1, 0.15) is 18.4 Å². The summed E-state index contributed by atoms with van der Waals surface area (Å²) in [5.41, 5.74) is 3.92. The lowest BCUT2D eigenvalue weighted by Gasteiger charge is -2.05. The second-order valence-corrected chi connectivity index (χ2v) is 8.05. The average molecular weight is 450 g/mol. The first-order valence-electron chi connectivity index (χ1n) is 10.2. The Labute approximate surface area is 189 Å². The van der Waals surface area contributed by atoms with Crippen molar-refractivity contribution in [2.45, 2.75) is 19.3 Å². The molecule has 0 radical (unpaired) electrons. The maximum absolute atomic E-state index is 12.1. The van der Waals surface area contributed by atoms with Gasteiger partial charge in [-0.2, -0.15) is 0 Å². The first-order chi connectivity index (χ1) is 15.6. The van der Waals surface area contributed by atoms with Crippen molar-refractivity contribution in [2.75, 3.05) is 19.0 Å². The number of hydrogen-bond acceptors (Lipinski definition) is 6. The van der Waals surface area contributed by atoms with Crippen LogP contribution in [0.3, 0.4) is 0 Å². The summed E-state index contributed by atoms with van der Waals surface area (Å²) in [6.45, 7) is -0.330. The SMILES string of the molecule is COc1ccc(-c2csc(NC(=O)COC(=O)CCCc3c[nH]c4ccccc34)n2)cc1. The van der Waals surface area contributed by atoms with Crippen molar-refractivity contribution in [2.24, 2.45) is 0 Å². The van der Waals surface area contributed by atoms with Gasteiger partial charge in [0.1, 0.15) is 5.75 Å². The number of thiazole rings is 1. The highest BCUT2D eigenvalue weighted by Crippen LogP contribution is 2.26. The molecule has 0 aliphatic rings. The lowest BCUT2D eigenvalue weighted by Crippen LogP contribution is -2.20. The fraction of sp³-hybridized carbons (Fsp3) is 0.208. The van der Waals surface area contributed by atoms with Crippen molar-refractivity contribution < 1.29 is 19.1 Å². The monoisotopic (exact) mass is 449 g/mol. The molecule has 0 atom stereocenters. The van der Waals surface area contributed by atoms with Crippen molar-refractivity contribution in [3.8, 4) is 17.0 Å². The Hall–Kier alpha value is -3.65. The molecule has 0 fully saturated rings. The number of anilines is 1. The molecule has 2 aromatic heterocycles. The van der Waals surface area contributed by atoms with Crippen molar-refractivity contribution in [1.29, 1.82) is 0 Å². The summed E-state index contributed by atoms with van der Waals surface area (Å²) in [7, 11) is 1.61. The maximum Gasteiger partial charge on any atom is 0.306 e. The summed E-state index contributed by atoms with van der Waals surface area (Å²) >= 11 is 1.31. The van der Waals surface area contributed by atoms with Gasteiger partial charge in [-0.1, -0.05) is 18.2 Å². The Morgan fingerprint density at radius 3 is 2.75 bits per heavy atom. The summed E-state index contributed by atoms with van der Waals surface area (Å²) < 4.78 is 10.3. The molecule has 0 aliphatic heterocycles. The number of aromatic amines is 1. The van der Waals surface area contributed by atoms with E-state index in [1.807, 2.05) is 54.0 Å². The van der Waals surface area contributed by atoms with Crippen LogP contribution in [-0.2, 0) is 20.7 Å². The zero-order valence-corrected chi connectivity index (χ0v) is 18.4. The van der Waals surface area contributed by atoms with Gasteiger partial charge in [0.05, 0.1) is 12.8 Å². The number of aryl methyl sites for hydroxylation is 1. The topological polar surface area (TPSA) is 93.3 Å². The van der Waals surface area contributed by atoms with Crippen LogP contribution in [0, 0.1) is 0 Å². The van der Waals surface area contributed by atoms with E-state index < -0.39 is 11.9 Å². The van der Waals surface area contributed by atoms with Crippen molar-refractivity contribution in [3.63, 3.8) is 0 Å². The van der Waals surface area contributed by atoms with Gasteiger partial charge in [0.2, 0.25) is 0 Å². The number of para-hydroxylation sites is 1. The van der Waals surface area contributed by atoms with E-state index in [-0.39, 0.29) is 13.0 Å². The fourth-order valence-electron chi connectivity index (χ4n) is 3.36. The number of methoxy groups -OCH3 is 1. The number of fused-ring (bicyclic) bond motifs is 1. The standard InChI is InChI=1S/C24H23N3O4S/c1-30-18-11-9-16(10-12-18)21-15-32-24(26-21)27-22(28)14-31-23(29)8-4-5-17-13-25-20-7-3-2-6-19(17)20/h2-3,6-7,9-13,15,25H,4-5,8,14H2,1H3,(H,26,27,28). The average Bonchev–Trinajstić information content (AvgIpc) is 3.45. The summed E-state index contributed by atoms with van der Waals surface area (Å²) in [6.07, 6.45) is 3.64. The van der Waals surface area contributed by atoms with Gasteiger partial charge in [-0.3, -0.25) is 14.9 Å². The summed E-state index contributed by atoms with van der Waals surface area (Å²) in [5.74, 6) is -0.0376. The Morgan fingerprint density at radius 2 is 1.94 bits per heavy atom. The van der Waals surface area contributed by atoms with E-state index in [0.717, 1.165) is 34.3 Å². The summed E-state index contributed by atoms with van der Waals surface area (Å²) in [4.78, 5) is 31.7. The van der Waals surface area contributed by atoms with Gasteiger partial charge in [0, 0.05) is 34.5 Å². The first kappa shape index (κ1) is 21.6. The molecule has 0 saturated carbocycles. The van der Waals surface area contributed by atoms with Crippen LogP contribution in [0.15, 0.2) is 60.1 Å². The molecular weight excluding hydrogens is 426 g/mol.